The van der Waals surface area contributed by atoms with E-state index in [1.54, 1.807) is 6.20 Å². The molecule has 1 fully saturated rings. The Kier molecular flexibility index (Phi) is 3.42. The van der Waals surface area contributed by atoms with Crippen molar-refractivity contribution in [3.8, 4) is 0 Å². The van der Waals surface area contributed by atoms with Crippen LogP contribution in [-0.2, 0) is 18.3 Å². The Hall–Kier alpha value is -1.12. The van der Waals surface area contributed by atoms with Crippen molar-refractivity contribution < 1.29 is 4.79 Å². The lowest BCUT2D eigenvalue weighted by Gasteiger charge is -2.08. The molecule has 16 heavy (non-hydrogen) atoms. The molecule has 0 bridgehead atoms. The highest BCUT2D eigenvalue weighted by Crippen LogP contribution is 2.31. The van der Waals surface area contributed by atoms with Gasteiger partial charge in [-0.1, -0.05) is 6.92 Å². The van der Waals surface area contributed by atoms with Crippen LogP contribution in [0.25, 0.3) is 0 Å². The zero-order chi connectivity index (χ0) is 11.5. The quantitative estimate of drug-likeness (QED) is 0.780. The highest BCUT2D eigenvalue weighted by molar-refractivity contribution is 5.81. The standard InChI is InChI=1S/C13H20N2O/c1-10-3-4-11(9-10)12(16)5-6-13-14-7-8-15(13)2/h7-8,10-11H,3-6,9H2,1-2H3. The molecule has 1 heterocycles. The SMILES string of the molecule is CC1CCC(C(=O)CCc2nccn2C)C1. The average molecular weight is 220 g/mol. The second-order valence-electron chi connectivity index (χ2n) is 5.04. The van der Waals surface area contributed by atoms with Gasteiger partial charge in [0.2, 0.25) is 0 Å². The summed E-state index contributed by atoms with van der Waals surface area (Å²) in [6.07, 6.45) is 8.57. The first-order valence-corrected chi connectivity index (χ1v) is 6.15. The number of hydrogen-bond donors (Lipinski definition) is 0. The predicted octanol–water partition coefficient (Wildman–Crippen LogP) is 2.36. The first kappa shape index (κ1) is 11.4. The van der Waals surface area contributed by atoms with E-state index in [2.05, 4.69) is 11.9 Å². The lowest BCUT2D eigenvalue weighted by molar-refractivity contribution is -0.122. The lowest BCUT2D eigenvalue weighted by atomic mass is 9.97. The monoisotopic (exact) mass is 220 g/mol. The first-order chi connectivity index (χ1) is 7.66. The fourth-order valence-corrected chi connectivity index (χ4v) is 2.58. The van der Waals surface area contributed by atoms with Crippen LogP contribution in [0.4, 0.5) is 0 Å². The number of Topliss-reactive ketones (excluding diaryl/α,β-unsaturated/α-hetero) is 1. The van der Waals surface area contributed by atoms with Crippen molar-refractivity contribution in [3.05, 3.63) is 18.2 Å². The average Bonchev–Trinajstić information content (AvgIpc) is 2.84. The molecule has 2 rings (SSSR count). The zero-order valence-electron chi connectivity index (χ0n) is 10.1. The van der Waals surface area contributed by atoms with Gasteiger partial charge in [0, 0.05) is 38.2 Å². The lowest BCUT2D eigenvalue weighted by Crippen LogP contribution is -2.13. The summed E-state index contributed by atoms with van der Waals surface area (Å²) in [5.41, 5.74) is 0. The Morgan fingerprint density at radius 1 is 1.56 bits per heavy atom. The Morgan fingerprint density at radius 2 is 2.38 bits per heavy atom. The van der Waals surface area contributed by atoms with Gasteiger partial charge in [-0.3, -0.25) is 4.79 Å². The number of aryl methyl sites for hydroxylation is 2. The molecule has 2 atom stereocenters. The van der Waals surface area contributed by atoms with Gasteiger partial charge in [-0.2, -0.15) is 0 Å². The van der Waals surface area contributed by atoms with Gasteiger partial charge in [0.05, 0.1) is 0 Å². The molecule has 0 aliphatic heterocycles. The summed E-state index contributed by atoms with van der Waals surface area (Å²) in [5, 5.41) is 0. The third kappa shape index (κ3) is 2.52. The van der Waals surface area contributed by atoms with Crippen LogP contribution in [0.5, 0.6) is 0 Å². The summed E-state index contributed by atoms with van der Waals surface area (Å²) >= 11 is 0. The minimum atomic E-state index is 0.329. The summed E-state index contributed by atoms with van der Waals surface area (Å²) in [6, 6.07) is 0. The molecule has 1 saturated carbocycles. The number of rotatable bonds is 4. The summed E-state index contributed by atoms with van der Waals surface area (Å²) < 4.78 is 1.99. The van der Waals surface area contributed by atoms with E-state index >= 15 is 0 Å². The molecule has 1 aromatic rings. The number of hydrogen-bond acceptors (Lipinski definition) is 2. The van der Waals surface area contributed by atoms with Crippen LogP contribution in [0.15, 0.2) is 12.4 Å². The highest BCUT2D eigenvalue weighted by Gasteiger charge is 2.26. The minimum absolute atomic E-state index is 0.329. The highest BCUT2D eigenvalue weighted by atomic mass is 16.1. The van der Waals surface area contributed by atoms with E-state index in [0.29, 0.717) is 18.1 Å². The van der Waals surface area contributed by atoms with Crippen molar-refractivity contribution in [2.24, 2.45) is 18.9 Å². The molecular formula is C13H20N2O. The van der Waals surface area contributed by atoms with Gasteiger partial charge in [-0.05, 0) is 25.2 Å². The van der Waals surface area contributed by atoms with Crippen LogP contribution in [0, 0.1) is 11.8 Å². The van der Waals surface area contributed by atoms with Crippen molar-refractivity contribution in [2.75, 3.05) is 0 Å². The predicted molar refractivity (Wildman–Crippen MR) is 63.0 cm³/mol. The molecule has 3 nitrogen and oxygen atoms in total. The summed E-state index contributed by atoms with van der Waals surface area (Å²) in [7, 11) is 1.98. The maximum absolute atomic E-state index is 12.0. The summed E-state index contributed by atoms with van der Waals surface area (Å²) in [4.78, 5) is 16.2. The van der Waals surface area contributed by atoms with E-state index in [-0.39, 0.29) is 0 Å². The molecule has 1 aromatic heterocycles. The van der Waals surface area contributed by atoms with Crippen molar-refractivity contribution in [1.82, 2.24) is 9.55 Å². The van der Waals surface area contributed by atoms with Crippen molar-refractivity contribution >= 4 is 5.78 Å². The Bertz CT molecular complexity index is 370. The van der Waals surface area contributed by atoms with Crippen LogP contribution in [0.3, 0.4) is 0 Å². The fraction of sp³-hybridized carbons (Fsp3) is 0.692. The largest absolute Gasteiger partial charge is 0.338 e. The van der Waals surface area contributed by atoms with Crippen molar-refractivity contribution in [1.29, 1.82) is 0 Å². The van der Waals surface area contributed by atoms with Crippen LogP contribution < -0.4 is 0 Å². The molecule has 1 aliphatic rings. The topological polar surface area (TPSA) is 34.9 Å². The van der Waals surface area contributed by atoms with Crippen molar-refractivity contribution in [2.45, 2.75) is 39.0 Å². The van der Waals surface area contributed by atoms with E-state index in [4.69, 9.17) is 0 Å². The molecule has 0 N–H and O–H groups in total. The zero-order valence-corrected chi connectivity index (χ0v) is 10.1. The number of carbonyl (C=O) groups is 1. The van der Waals surface area contributed by atoms with Gasteiger partial charge in [0.1, 0.15) is 11.6 Å². The van der Waals surface area contributed by atoms with Crippen molar-refractivity contribution in [3.63, 3.8) is 0 Å². The van der Waals surface area contributed by atoms with Gasteiger partial charge in [0.15, 0.2) is 0 Å². The molecule has 0 radical (unpaired) electrons. The van der Waals surface area contributed by atoms with Crippen LogP contribution in [-0.4, -0.2) is 15.3 Å². The normalized spacial score (nSPS) is 24.9. The van der Waals surface area contributed by atoms with Gasteiger partial charge >= 0.3 is 0 Å². The van der Waals surface area contributed by atoms with E-state index in [0.717, 1.165) is 31.0 Å². The number of nitrogens with zero attached hydrogens (tertiary/aromatic N) is 2. The molecule has 0 spiro atoms. The maximum Gasteiger partial charge on any atom is 0.136 e. The van der Waals surface area contributed by atoms with Crippen LogP contribution >= 0.6 is 0 Å². The molecule has 88 valence electrons. The number of ketones is 1. The Balaban J connectivity index is 1.82. The Labute approximate surface area is 96.9 Å². The third-order valence-electron chi connectivity index (χ3n) is 3.67. The Morgan fingerprint density at radius 3 is 2.94 bits per heavy atom. The fourth-order valence-electron chi connectivity index (χ4n) is 2.58. The number of aromatic nitrogens is 2. The number of carbonyl (C=O) groups excluding carboxylic acids is 1. The van der Waals surface area contributed by atoms with Gasteiger partial charge < -0.3 is 4.57 Å². The summed E-state index contributed by atoms with van der Waals surface area (Å²) in [5.74, 6) is 2.52. The second kappa shape index (κ2) is 4.81. The molecule has 0 amide bonds. The molecular weight excluding hydrogens is 200 g/mol. The van der Waals surface area contributed by atoms with Crippen LogP contribution in [0.2, 0.25) is 0 Å². The third-order valence-corrected chi connectivity index (χ3v) is 3.67. The molecule has 1 aliphatic carbocycles. The van der Waals surface area contributed by atoms with E-state index in [9.17, 15) is 4.79 Å². The minimum Gasteiger partial charge on any atom is -0.338 e. The summed E-state index contributed by atoms with van der Waals surface area (Å²) in [6.45, 7) is 2.24. The smallest absolute Gasteiger partial charge is 0.136 e. The van der Waals surface area contributed by atoms with E-state index in [1.165, 1.54) is 6.42 Å². The molecule has 3 heteroatoms. The van der Waals surface area contributed by atoms with E-state index < -0.39 is 0 Å². The first-order valence-electron chi connectivity index (χ1n) is 6.15. The van der Waals surface area contributed by atoms with Gasteiger partial charge in [0.25, 0.3) is 0 Å². The van der Waals surface area contributed by atoms with E-state index in [1.807, 2.05) is 17.8 Å². The van der Waals surface area contributed by atoms with Gasteiger partial charge in [-0.25, -0.2) is 4.98 Å². The van der Waals surface area contributed by atoms with Crippen LogP contribution in [0.1, 0.15) is 38.4 Å². The molecule has 0 aromatic carbocycles. The maximum atomic E-state index is 12.0. The number of imidazole rings is 1. The molecule has 0 saturated heterocycles. The second-order valence-corrected chi connectivity index (χ2v) is 5.04. The molecule has 2 unspecified atom stereocenters. The van der Waals surface area contributed by atoms with Gasteiger partial charge in [-0.15, -0.1) is 0 Å².